The Kier molecular flexibility index (Phi) is 28.0. The number of phosphoric acid groups is 2. The number of aliphatic hydroxyl groups is 2. The Hall–Kier alpha value is -7.50. The molecule has 4 heterocycles. The maximum atomic E-state index is 13.4. The monoisotopic (exact) mass is 1380 g/mol. The van der Waals surface area contributed by atoms with Gasteiger partial charge in [0.1, 0.15) is 36.2 Å². The number of nitrogens with one attached hydrogen (secondary N) is 3. The van der Waals surface area contributed by atoms with Gasteiger partial charge in [0.15, 0.2) is 5.78 Å². The second kappa shape index (κ2) is 36.2. The van der Waals surface area contributed by atoms with Gasteiger partial charge in [0.25, 0.3) is 27.1 Å². The van der Waals surface area contributed by atoms with E-state index in [1.807, 2.05) is 0 Å². The largest absolute Gasteiger partial charge is 0.756 e. The number of aliphatic hydroxyl groups excluding tert-OH is 2. The Morgan fingerprint density at radius 3 is 2.02 bits per heavy atom. The zero-order chi connectivity index (χ0) is 68.8. The third-order valence-corrected chi connectivity index (χ3v) is 17.1. The Morgan fingerprint density at radius 1 is 0.750 bits per heavy atom. The van der Waals surface area contributed by atoms with Crippen LogP contribution in [0.5, 0.6) is 5.75 Å². The van der Waals surface area contributed by atoms with Gasteiger partial charge in [-0.3, -0.25) is 42.4 Å². The van der Waals surface area contributed by atoms with E-state index in [0.29, 0.717) is 66.5 Å². The first-order valence-corrected chi connectivity index (χ1v) is 33.5. The molecule has 35 heteroatoms. The Labute approximate surface area is 548 Å². The molecule has 2 saturated heterocycles. The molecule has 4 aliphatic rings. The van der Waals surface area contributed by atoms with Gasteiger partial charge >= 0.3 is 17.3 Å². The number of ketones is 1. The van der Waals surface area contributed by atoms with Crippen LogP contribution in [0.2, 0.25) is 0 Å². The van der Waals surface area contributed by atoms with E-state index in [2.05, 4.69) is 20.6 Å². The van der Waals surface area contributed by atoms with Crippen molar-refractivity contribution in [2.45, 2.75) is 81.8 Å². The maximum absolute atomic E-state index is 13.4. The molecule has 2 amide bonds. The summed E-state index contributed by atoms with van der Waals surface area (Å²) in [6.07, 6.45) is 5.06. The fourth-order valence-electron chi connectivity index (χ4n) is 10.4. The van der Waals surface area contributed by atoms with Crippen molar-refractivity contribution < 1.29 is 110 Å². The highest BCUT2D eigenvalue weighted by molar-refractivity contribution is 7.46. The summed E-state index contributed by atoms with van der Waals surface area (Å²) in [5.41, 5.74) is 6.60. The number of aromatic hydroxyl groups is 1. The van der Waals surface area contributed by atoms with Gasteiger partial charge in [-0.2, -0.15) is 4.98 Å². The number of anilines is 1. The van der Waals surface area contributed by atoms with E-state index >= 15 is 0 Å². The number of benzene rings is 2. The number of phenolic OH excluding ortho intramolecular Hbond substituents is 1. The van der Waals surface area contributed by atoms with Crippen molar-refractivity contribution in [3.05, 3.63) is 155 Å². The minimum Gasteiger partial charge on any atom is -0.756 e. The number of hydrogen-bond acceptors (Lipinski definition) is 27. The number of unbranched alkanes of at least 4 members (excludes halogenated alkanes) is 3. The minimum absolute atomic E-state index is 0.00554. The maximum Gasteiger partial charge on any atom is 0.351 e. The number of aromatic amines is 1. The molecule has 8 rings (SSSR count). The second-order valence-corrected chi connectivity index (χ2v) is 24.7. The number of nitrogen functional groups attached to an aromatic ring is 1. The number of nitrogens with two attached hydrogens (primary N) is 1. The van der Waals surface area contributed by atoms with Crippen molar-refractivity contribution in [3.8, 4) is 5.75 Å². The van der Waals surface area contributed by atoms with Crippen LogP contribution in [0.4, 0.5) is 5.82 Å². The lowest BCUT2D eigenvalue weighted by Gasteiger charge is -2.27. The van der Waals surface area contributed by atoms with Crippen LogP contribution in [-0.4, -0.2) is 193 Å². The topological polar surface area (TPSA) is 471 Å². The van der Waals surface area contributed by atoms with Gasteiger partial charge in [0.2, 0.25) is 5.91 Å². The zero-order valence-electron chi connectivity index (χ0n) is 51.9. The number of ether oxygens (including phenoxy) is 7. The summed E-state index contributed by atoms with van der Waals surface area (Å²) in [6.45, 7) is -0.247. The number of carboxylic acids is 1. The number of carbonyl (C=O) groups is 4. The molecule has 0 saturated carbocycles. The number of nitrogens with zero attached hydrogens (tertiary/aromatic N) is 3. The smallest absolute Gasteiger partial charge is 0.351 e. The number of allylic oxidation sites excluding steroid dienone is 5. The molecular weight excluding hydrogens is 1310 g/mol. The molecule has 2 aliphatic carbocycles. The average Bonchev–Trinajstić information content (AvgIpc) is 0.942. The summed E-state index contributed by atoms with van der Waals surface area (Å²) >= 11 is 0. The molecule has 2 aromatic heterocycles. The highest BCUT2D eigenvalue weighted by atomic mass is 31.2. The van der Waals surface area contributed by atoms with Crippen molar-refractivity contribution in [3.63, 3.8) is 0 Å². The molecule has 8 atom stereocenters. The van der Waals surface area contributed by atoms with Crippen molar-refractivity contribution >= 4 is 56.7 Å². The predicted octanol–water partition coefficient (Wildman–Crippen LogP) is 0.706. The number of H-pyrrole nitrogens is 1. The summed E-state index contributed by atoms with van der Waals surface area (Å²) in [6, 6.07) is 10.4. The van der Waals surface area contributed by atoms with Crippen LogP contribution in [-0.2, 0) is 76.4 Å². The Morgan fingerprint density at radius 2 is 1.38 bits per heavy atom. The third-order valence-electron chi connectivity index (χ3n) is 15.1. The van der Waals surface area contributed by atoms with Gasteiger partial charge in [0.05, 0.1) is 116 Å². The second-order valence-electron chi connectivity index (χ2n) is 21.9. The van der Waals surface area contributed by atoms with E-state index in [4.69, 9.17) is 57.0 Å². The summed E-state index contributed by atoms with van der Waals surface area (Å²) < 4.78 is 85.0. The predicted molar refractivity (Wildman–Crippen MR) is 333 cm³/mol. The number of hydrogen-bond donors (Lipinski definition) is 8. The van der Waals surface area contributed by atoms with Gasteiger partial charge in [-0.05, 0) is 107 Å². The first kappa shape index (κ1) is 74.3. The van der Waals surface area contributed by atoms with Gasteiger partial charge in [-0.25, -0.2) is 14.4 Å². The number of carbonyl (C=O) groups excluding carboxylic acids is 3. The molecule has 2 fully saturated rings. The van der Waals surface area contributed by atoms with E-state index in [1.54, 1.807) is 18.2 Å². The lowest BCUT2D eigenvalue weighted by Crippen LogP contribution is -2.33. The zero-order valence-corrected chi connectivity index (χ0v) is 53.7. The minimum atomic E-state index is -5.01. The van der Waals surface area contributed by atoms with E-state index < -0.39 is 107 Å². The molecule has 4 unspecified atom stereocenters. The number of aromatic nitrogens is 4. The quantitative estimate of drug-likeness (QED) is 0.0173. The van der Waals surface area contributed by atoms with Gasteiger partial charge in [0, 0.05) is 50.0 Å². The summed E-state index contributed by atoms with van der Waals surface area (Å²) in [5.74, 6) is -2.37. The SMILES string of the molecule is Nc1ccn([C@H]2CC(O)[C@@H](COP(=O)([O-])OCCOCCOCCOCCOCCOCCOP(=O)([O-])OC3C[C@H](n4cc(/C=C/C(=O)NCCCCCCNC(=O)c5ccc(C(=O)O)c(C6=C7C=CC(=O)C=C7Cc7cc(O)ccc76)c5)c(=O)[nH]c4=O)O[C@@H]3CO)O2)c(=O)n1. The molecule has 0 spiro atoms. The number of amides is 2. The van der Waals surface area contributed by atoms with E-state index in [1.165, 1.54) is 54.8 Å². The molecule has 9 N–H and O–H groups in total. The number of fused-ring (bicyclic) bond motifs is 2. The van der Waals surface area contributed by atoms with Crippen LogP contribution in [0.15, 0.2) is 105 Å². The first-order chi connectivity index (χ1) is 46.1. The molecule has 0 bridgehead atoms. The third kappa shape index (κ3) is 22.0. The van der Waals surface area contributed by atoms with Crippen LogP contribution < -0.4 is 43.1 Å². The number of phenols is 1. The van der Waals surface area contributed by atoms with Crippen LogP contribution in [0, 0.1) is 0 Å². The Bertz CT molecular complexity index is 3790. The van der Waals surface area contributed by atoms with Crippen LogP contribution in [0.3, 0.4) is 0 Å². The van der Waals surface area contributed by atoms with Crippen LogP contribution >= 0.6 is 15.6 Å². The normalized spacial score (nSPS) is 20.4. The number of aromatic carboxylic acids is 1. The van der Waals surface area contributed by atoms with Crippen molar-refractivity contribution in [2.24, 2.45) is 0 Å². The number of phosphoric ester groups is 2. The molecular formula is C61H75N7O26P2-2. The number of rotatable bonds is 40. The molecule has 2 aliphatic heterocycles. The van der Waals surface area contributed by atoms with Crippen molar-refractivity contribution in [2.75, 3.05) is 111 Å². The van der Waals surface area contributed by atoms with Crippen molar-refractivity contribution in [1.82, 2.24) is 29.7 Å². The fourth-order valence-corrected chi connectivity index (χ4v) is 12.1. The van der Waals surface area contributed by atoms with Gasteiger partial charge < -0.3 is 97.8 Å². The van der Waals surface area contributed by atoms with E-state index in [0.717, 1.165) is 21.4 Å². The highest BCUT2D eigenvalue weighted by Crippen LogP contribution is 2.46. The van der Waals surface area contributed by atoms with Crippen LogP contribution in [0.1, 0.15) is 94.0 Å². The summed E-state index contributed by atoms with van der Waals surface area (Å²) in [4.78, 5) is 119. The molecule has 33 nitrogen and oxygen atoms in total. The highest BCUT2D eigenvalue weighted by Gasteiger charge is 2.40. The molecule has 96 heavy (non-hydrogen) atoms. The molecule has 522 valence electrons. The molecule has 2 aromatic carbocycles. The van der Waals surface area contributed by atoms with Crippen molar-refractivity contribution in [1.29, 1.82) is 0 Å². The van der Waals surface area contributed by atoms with E-state index in [-0.39, 0.29) is 132 Å². The summed E-state index contributed by atoms with van der Waals surface area (Å²) in [5, 5.41) is 46.2. The Balaban J connectivity index is 0.634. The van der Waals surface area contributed by atoms with Crippen LogP contribution in [0.25, 0.3) is 11.6 Å². The standard InChI is InChI=1S/C61H77N7O26P2/c62-52-13-16-67(60(78)65-52)54-33-48(72)51(93-54)37-91-95(80,81)89-27-25-87-23-21-85-19-17-84-18-20-86-22-24-88-26-28-90-96(82,83)94-49-34-55(92-50(49)36-69)68-35-39(58(75)66-61(68)79)6-12-53(73)63-14-3-1-2-4-15-64-57(74)38-5-9-46(59(76)77)47(32-38)56-44-10-7-42(70)30-40(44)29-41-31-43(71)8-11-45(41)56/h5-13,16,30-32,35,48-51,54-55,69-70,72H,1-4,14-15,17-29,33-34,36-37H2,(H,63,73)(H,64,74)(H,76,77)(H,80,81)(H,82,83)(H2,62,65,78)(H,66,75,79)/p-2/b12-6+/t48?,49?,50-,51-,54-,55-/m1/s1. The lowest BCUT2D eigenvalue weighted by atomic mass is 9.76. The lowest BCUT2D eigenvalue weighted by molar-refractivity contribution is -0.232. The summed E-state index contributed by atoms with van der Waals surface area (Å²) in [7, 11) is -9.78. The molecule has 0 radical (unpaired) electrons. The number of carboxylic acid groups (broad SMARTS) is 1. The van der Waals surface area contributed by atoms with Gasteiger partial charge in [-0.1, -0.05) is 25.0 Å². The van der Waals surface area contributed by atoms with Gasteiger partial charge in [-0.15, -0.1) is 0 Å². The van der Waals surface area contributed by atoms with E-state index in [9.17, 15) is 72.9 Å². The molecule has 4 aromatic rings. The average molecular weight is 1380 g/mol. The fraction of sp³-hybridized carbons (Fsp3) is 0.475. The first-order valence-electron chi connectivity index (χ1n) is 30.6.